The van der Waals surface area contributed by atoms with Crippen LogP contribution in [0.25, 0.3) is 0 Å². The van der Waals surface area contributed by atoms with Gasteiger partial charge in [-0.15, -0.1) is 0 Å². The molecule has 4 rings (SSSR count). The Kier molecular flexibility index (Phi) is 6.86. The van der Waals surface area contributed by atoms with Crippen molar-refractivity contribution in [2.24, 2.45) is 0 Å². The van der Waals surface area contributed by atoms with E-state index in [0.29, 0.717) is 0 Å². The van der Waals surface area contributed by atoms with Crippen molar-refractivity contribution >= 4 is 0 Å². The van der Waals surface area contributed by atoms with Crippen molar-refractivity contribution in [2.75, 3.05) is 0 Å². The molecule has 0 saturated heterocycles. The summed E-state index contributed by atoms with van der Waals surface area (Å²) in [6.07, 6.45) is 0. The number of aryl methyl sites for hydroxylation is 2. The van der Waals surface area contributed by atoms with E-state index in [2.05, 4.69) is 26.0 Å². The minimum Gasteiger partial charge on any atom is -0.457 e. The van der Waals surface area contributed by atoms with E-state index in [0.717, 1.165) is 23.0 Å². The Morgan fingerprint density at radius 2 is 0.750 bits per heavy atom. The van der Waals surface area contributed by atoms with Gasteiger partial charge >= 0.3 is 0 Å². The fourth-order valence-electron chi connectivity index (χ4n) is 2.61. The van der Waals surface area contributed by atoms with Crippen LogP contribution in [0.4, 0.5) is 0 Å². The van der Waals surface area contributed by atoms with Crippen LogP contribution in [-0.4, -0.2) is 0 Å². The number of rotatable bonds is 4. The number of ether oxygens (including phenoxy) is 2. The van der Waals surface area contributed by atoms with Crippen LogP contribution in [0.5, 0.6) is 23.0 Å². The molecule has 4 aromatic carbocycles. The molecule has 2 heteroatoms. The first-order valence-corrected chi connectivity index (χ1v) is 9.28. The molecule has 0 aliphatic heterocycles. The second-order valence-corrected chi connectivity index (χ2v) is 6.46. The van der Waals surface area contributed by atoms with Crippen LogP contribution in [-0.2, 0) is 0 Å². The molecule has 0 aliphatic rings. The minimum atomic E-state index is 0.873. The third-order valence-electron chi connectivity index (χ3n) is 3.94. The fraction of sp³-hybridized carbons (Fsp3) is 0.0769. The van der Waals surface area contributed by atoms with Crippen LogP contribution >= 0.6 is 0 Å². The molecule has 0 atom stereocenters. The molecule has 0 bridgehead atoms. The normalized spacial score (nSPS) is 9.79. The number of hydrogen-bond acceptors (Lipinski definition) is 2. The van der Waals surface area contributed by atoms with Crippen LogP contribution in [0.1, 0.15) is 11.1 Å². The average molecular weight is 368 g/mol. The van der Waals surface area contributed by atoms with E-state index in [-0.39, 0.29) is 0 Å². The quantitative estimate of drug-likeness (QED) is 0.370. The number of hydrogen-bond donors (Lipinski definition) is 0. The summed E-state index contributed by atoms with van der Waals surface area (Å²) < 4.78 is 11.3. The molecule has 0 spiro atoms. The Morgan fingerprint density at radius 1 is 0.393 bits per heavy atom. The van der Waals surface area contributed by atoms with Gasteiger partial charge in [0.05, 0.1) is 0 Å². The van der Waals surface area contributed by atoms with E-state index in [1.807, 2.05) is 97.1 Å². The summed E-state index contributed by atoms with van der Waals surface area (Å²) in [5.74, 6) is 3.52. The van der Waals surface area contributed by atoms with Gasteiger partial charge < -0.3 is 9.47 Å². The van der Waals surface area contributed by atoms with Crippen LogP contribution in [0.2, 0.25) is 0 Å². The molecule has 28 heavy (non-hydrogen) atoms. The van der Waals surface area contributed by atoms with Gasteiger partial charge in [0, 0.05) is 0 Å². The van der Waals surface area contributed by atoms with E-state index in [1.165, 1.54) is 11.1 Å². The van der Waals surface area contributed by atoms with E-state index < -0.39 is 0 Å². The Morgan fingerprint density at radius 3 is 1.11 bits per heavy atom. The van der Waals surface area contributed by atoms with E-state index in [1.54, 1.807) is 0 Å². The maximum absolute atomic E-state index is 5.66. The van der Waals surface area contributed by atoms with Crippen LogP contribution in [0.3, 0.4) is 0 Å². The molecule has 0 unspecified atom stereocenters. The summed E-state index contributed by atoms with van der Waals surface area (Å²) in [6, 6.07) is 35.6. The molecular formula is C26H24O2. The molecule has 0 aromatic heterocycles. The smallest absolute Gasteiger partial charge is 0.127 e. The Bertz CT molecular complexity index is 896. The highest BCUT2D eigenvalue weighted by atomic mass is 16.5. The highest BCUT2D eigenvalue weighted by Crippen LogP contribution is 2.22. The van der Waals surface area contributed by atoms with Crippen LogP contribution in [0.15, 0.2) is 109 Å². The monoisotopic (exact) mass is 368 g/mol. The van der Waals surface area contributed by atoms with Crippen molar-refractivity contribution in [3.05, 3.63) is 120 Å². The highest BCUT2D eigenvalue weighted by molar-refractivity contribution is 5.34. The first-order chi connectivity index (χ1) is 13.7. The maximum Gasteiger partial charge on any atom is 0.127 e. The topological polar surface area (TPSA) is 18.5 Å². The SMILES string of the molecule is Cc1cccc(Oc2ccccc2)c1.Cc1cccc(Oc2ccccc2)c1. The second kappa shape index (κ2) is 9.98. The zero-order chi connectivity index (χ0) is 19.6. The van der Waals surface area contributed by atoms with Gasteiger partial charge in [0.2, 0.25) is 0 Å². The van der Waals surface area contributed by atoms with E-state index in [4.69, 9.17) is 9.47 Å². The van der Waals surface area contributed by atoms with Gasteiger partial charge in [-0.2, -0.15) is 0 Å². The van der Waals surface area contributed by atoms with Crippen molar-refractivity contribution in [1.82, 2.24) is 0 Å². The van der Waals surface area contributed by atoms with Crippen molar-refractivity contribution < 1.29 is 9.47 Å². The molecule has 0 heterocycles. The molecular weight excluding hydrogens is 344 g/mol. The van der Waals surface area contributed by atoms with Crippen molar-refractivity contribution in [1.29, 1.82) is 0 Å². The lowest BCUT2D eigenvalue weighted by molar-refractivity contribution is 0.482. The van der Waals surface area contributed by atoms with Crippen LogP contribution in [0, 0.1) is 13.8 Å². The van der Waals surface area contributed by atoms with Gasteiger partial charge in [-0.25, -0.2) is 0 Å². The molecule has 2 nitrogen and oxygen atoms in total. The van der Waals surface area contributed by atoms with Gasteiger partial charge in [0.25, 0.3) is 0 Å². The first kappa shape index (κ1) is 19.2. The predicted octanol–water partition coefficient (Wildman–Crippen LogP) is 7.57. The van der Waals surface area contributed by atoms with Gasteiger partial charge in [-0.05, 0) is 73.5 Å². The maximum atomic E-state index is 5.66. The molecule has 140 valence electrons. The summed E-state index contributed by atoms with van der Waals surface area (Å²) in [5.41, 5.74) is 2.41. The molecule has 0 fully saturated rings. The van der Waals surface area contributed by atoms with Crippen molar-refractivity contribution in [2.45, 2.75) is 13.8 Å². The summed E-state index contributed by atoms with van der Waals surface area (Å²) in [7, 11) is 0. The summed E-state index contributed by atoms with van der Waals surface area (Å²) in [6.45, 7) is 4.11. The lowest BCUT2D eigenvalue weighted by Crippen LogP contribution is -1.83. The second-order valence-electron chi connectivity index (χ2n) is 6.46. The van der Waals surface area contributed by atoms with Gasteiger partial charge in [-0.1, -0.05) is 60.7 Å². The average Bonchev–Trinajstić information content (AvgIpc) is 2.70. The van der Waals surface area contributed by atoms with Crippen molar-refractivity contribution in [3.8, 4) is 23.0 Å². The Labute approximate surface area is 167 Å². The fourth-order valence-corrected chi connectivity index (χ4v) is 2.61. The summed E-state index contributed by atoms with van der Waals surface area (Å²) in [4.78, 5) is 0. The molecule has 0 saturated carbocycles. The number of benzene rings is 4. The lowest BCUT2D eigenvalue weighted by Gasteiger charge is -2.05. The largest absolute Gasteiger partial charge is 0.457 e. The first-order valence-electron chi connectivity index (χ1n) is 9.28. The standard InChI is InChI=1S/2C13H12O/c2*1-11-6-5-9-13(10-11)14-12-7-3-2-4-8-12/h2*2-10H,1H3. The van der Waals surface area contributed by atoms with Gasteiger partial charge in [0.1, 0.15) is 23.0 Å². The van der Waals surface area contributed by atoms with Gasteiger partial charge in [-0.3, -0.25) is 0 Å². The third-order valence-corrected chi connectivity index (χ3v) is 3.94. The number of para-hydroxylation sites is 2. The Balaban J connectivity index is 0.000000161. The zero-order valence-corrected chi connectivity index (χ0v) is 16.2. The molecule has 0 aliphatic carbocycles. The van der Waals surface area contributed by atoms with Crippen molar-refractivity contribution in [3.63, 3.8) is 0 Å². The predicted molar refractivity (Wildman–Crippen MR) is 115 cm³/mol. The molecule has 0 N–H and O–H groups in total. The summed E-state index contributed by atoms with van der Waals surface area (Å²) in [5, 5.41) is 0. The van der Waals surface area contributed by atoms with Crippen LogP contribution < -0.4 is 9.47 Å². The summed E-state index contributed by atoms with van der Waals surface area (Å²) >= 11 is 0. The van der Waals surface area contributed by atoms with E-state index in [9.17, 15) is 0 Å². The molecule has 0 radical (unpaired) electrons. The zero-order valence-electron chi connectivity index (χ0n) is 16.2. The van der Waals surface area contributed by atoms with Gasteiger partial charge in [0.15, 0.2) is 0 Å². The lowest BCUT2D eigenvalue weighted by atomic mass is 10.2. The molecule has 0 amide bonds. The minimum absolute atomic E-state index is 0.873. The molecule has 4 aromatic rings. The highest BCUT2D eigenvalue weighted by Gasteiger charge is 1.96. The third kappa shape index (κ3) is 6.33. The Hall–Kier alpha value is -3.52. The van der Waals surface area contributed by atoms with E-state index >= 15 is 0 Å².